The molecule has 1 heterocycles. The first-order chi connectivity index (χ1) is 12.8. The fourth-order valence-corrected chi connectivity index (χ4v) is 4.25. The fraction of sp³-hybridized carbons (Fsp3) is 0.158. The van der Waals surface area contributed by atoms with Gasteiger partial charge in [-0.25, -0.2) is 17.1 Å². The zero-order valence-electron chi connectivity index (χ0n) is 14.4. The molecule has 0 N–H and O–H groups in total. The molecule has 0 unspecified atom stereocenters. The molecule has 8 heteroatoms. The number of ether oxygens (including phenoxy) is 1. The zero-order chi connectivity index (χ0) is 19.8. The van der Waals surface area contributed by atoms with E-state index < -0.39 is 21.7 Å². The number of rotatable bonds is 3. The van der Waals surface area contributed by atoms with Crippen LogP contribution in [0.3, 0.4) is 0 Å². The van der Waals surface area contributed by atoms with Crippen LogP contribution in [0, 0.1) is 35.9 Å². The van der Waals surface area contributed by atoms with Crippen LogP contribution in [0.25, 0.3) is 0 Å². The van der Waals surface area contributed by atoms with Crippen molar-refractivity contribution in [2.24, 2.45) is 0 Å². The number of fused-ring (bicyclic) bond motifs is 1. The van der Waals surface area contributed by atoms with Gasteiger partial charge in [0.1, 0.15) is 22.2 Å². The van der Waals surface area contributed by atoms with Crippen molar-refractivity contribution in [1.82, 2.24) is 4.31 Å². The summed E-state index contributed by atoms with van der Waals surface area (Å²) in [5.74, 6) is 4.06. The average molecular weight is 384 g/mol. The van der Waals surface area contributed by atoms with Gasteiger partial charge in [-0.2, -0.15) is 5.26 Å². The second-order valence-corrected chi connectivity index (χ2v) is 7.53. The average Bonchev–Trinajstić information content (AvgIpc) is 2.81. The van der Waals surface area contributed by atoms with E-state index in [-0.39, 0.29) is 34.1 Å². The third kappa shape index (κ3) is 3.12. The third-order valence-corrected chi connectivity index (χ3v) is 5.78. The quantitative estimate of drug-likeness (QED) is 0.760. The Labute approximate surface area is 155 Å². The molecule has 2 aromatic rings. The number of sulfonamides is 1. The molecule has 2 aromatic carbocycles. The summed E-state index contributed by atoms with van der Waals surface area (Å²) in [4.78, 5) is 12.5. The summed E-state index contributed by atoms with van der Waals surface area (Å²) in [6.07, 6.45) is 0. The predicted molar refractivity (Wildman–Crippen MR) is 94.0 cm³/mol. The van der Waals surface area contributed by atoms with Crippen LogP contribution in [-0.2, 0) is 10.0 Å². The number of hydrogen-bond acceptors (Lipinski definition) is 5. The maximum Gasteiger partial charge on any atom is 0.270 e. The molecule has 0 spiro atoms. The molecule has 6 nitrogen and oxygen atoms in total. The van der Waals surface area contributed by atoms with Gasteiger partial charge in [-0.1, -0.05) is 5.92 Å². The Hall–Kier alpha value is -3.36. The van der Waals surface area contributed by atoms with Gasteiger partial charge in [0.15, 0.2) is 0 Å². The highest BCUT2D eigenvalue weighted by Gasteiger charge is 2.42. The van der Waals surface area contributed by atoms with E-state index in [1.54, 1.807) is 13.8 Å². The van der Waals surface area contributed by atoms with E-state index in [1.165, 1.54) is 18.2 Å². The van der Waals surface area contributed by atoms with Gasteiger partial charge >= 0.3 is 0 Å². The van der Waals surface area contributed by atoms with E-state index in [0.717, 1.165) is 12.1 Å². The van der Waals surface area contributed by atoms with E-state index >= 15 is 0 Å². The van der Waals surface area contributed by atoms with Crippen LogP contribution >= 0.6 is 0 Å². The molecule has 27 heavy (non-hydrogen) atoms. The van der Waals surface area contributed by atoms with Crippen molar-refractivity contribution >= 4 is 15.9 Å². The van der Waals surface area contributed by atoms with Gasteiger partial charge in [0, 0.05) is 11.6 Å². The van der Waals surface area contributed by atoms with Gasteiger partial charge in [0.25, 0.3) is 15.9 Å². The van der Waals surface area contributed by atoms with Crippen molar-refractivity contribution < 1.29 is 22.3 Å². The van der Waals surface area contributed by atoms with Crippen LogP contribution in [0.5, 0.6) is 11.5 Å². The molecule has 1 aliphatic rings. The van der Waals surface area contributed by atoms with Crippen LogP contribution < -0.4 is 4.74 Å². The first-order valence-corrected chi connectivity index (χ1v) is 9.22. The lowest BCUT2D eigenvalue weighted by atomic mass is 10.1. The molecule has 1 amide bonds. The highest BCUT2D eigenvalue weighted by molar-refractivity contribution is 7.90. The molecule has 0 fully saturated rings. The Morgan fingerprint density at radius 2 is 2.00 bits per heavy atom. The highest BCUT2D eigenvalue weighted by Crippen LogP contribution is 2.37. The number of carbonyl (C=O) groups excluding carboxylic acids is 1. The molecule has 0 radical (unpaired) electrons. The number of carbonyl (C=O) groups is 1. The van der Waals surface area contributed by atoms with Crippen LogP contribution in [0.15, 0.2) is 35.2 Å². The number of benzene rings is 2. The Morgan fingerprint density at radius 3 is 2.67 bits per heavy atom. The number of nitriles is 1. The van der Waals surface area contributed by atoms with Gasteiger partial charge in [0.2, 0.25) is 0 Å². The Kier molecular flexibility index (Phi) is 4.61. The van der Waals surface area contributed by atoms with Crippen molar-refractivity contribution in [2.75, 3.05) is 6.54 Å². The monoisotopic (exact) mass is 384 g/mol. The topological polar surface area (TPSA) is 87.5 Å². The Balaban J connectivity index is 2.06. The van der Waals surface area contributed by atoms with Crippen molar-refractivity contribution in [2.45, 2.75) is 18.7 Å². The SMILES string of the molecule is CC#CCN1C(=O)c2c(ccc(Oc3cc(F)cc(C#N)c3)c2C)S1(=O)=O. The second-order valence-electron chi connectivity index (χ2n) is 5.69. The van der Waals surface area contributed by atoms with Crippen LogP contribution in [0.1, 0.15) is 28.4 Å². The minimum Gasteiger partial charge on any atom is -0.457 e. The zero-order valence-corrected chi connectivity index (χ0v) is 15.2. The molecule has 136 valence electrons. The summed E-state index contributed by atoms with van der Waals surface area (Å²) in [5, 5.41) is 8.93. The fourth-order valence-electron chi connectivity index (χ4n) is 2.73. The molecule has 0 aliphatic carbocycles. The summed E-state index contributed by atoms with van der Waals surface area (Å²) in [6.45, 7) is 2.85. The van der Waals surface area contributed by atoms with Gasteiger partial charge in [-0.3, -0.25) is 4.79 Å². The summed E-state index contributed by atoms with van der Waals surface area (Å²) < 4.78 is 45.0. The predicted octanol–water partition coefficient (Wildman–Crippen LogP) is 2.97. The number of halogens is 1. The minimum absolute atomic E-state index is 0.00214. The summed E-state index contributed by atoms with van der Waals surface area (Å²) in [7, 11) is -3.97. The van der Waals surface area contributed by atoms with Gasteiger partial charge in [-0.15, -0.1) is 5.92 Å². The van der Waals surface area contributed by atoms with Crippen molar-refractivity contribution in [3.05, 3.63) is 52.8 Å². The third-order valence-electron chi connectivity index (χ3n) is 4.01. The summed E-state index contributed by atoms with van der Waals surface area (Å²) in [5.41, 5.74) is 0.380. The first-order valence-electron chi connectivity index (χ1n) is 7.78. The normalized spacial score (nSPS) is 14.1. The second kappa shape index (κ2) is 6.75. The van der Waals surface area contributed by atoms with E-state index in [1.807, 2.05) is 6.07 Å². The molecule has 3 rings (SSSR count). The number of hydrogen-bond donors (Lipinski definition) is 0. The molecule has 0 aromatic heterocycles. The van der Waals surface area contributed by atoms with Crippen LogP contribution in [0.2, 0.25) is 0 Å². The van der Waals surface area contributed by atoms with E-state index in [9.17, 15) is 17.6 Å². The van der Waals surface area contributed by atoms with Gasteiger partial charge in [-0.05, 0) is 38.1 Å². The highest BCUT2D eigenvalue weighted by atomic mass is 32.2. The Bertz CT molecular complexity index is 1170. The molecule has 0 atom stereocenters. The smallest absolute Gasteiger partial charge is 0.270 e. The molecule has 0 saturated carbocycles. The number of amides is 1. The maximum atomic E-state index is 13.6. The largest absolute Gasteiger partial charge is 0.457 e. The van der Waals surface area contributed by atoms with E-state index in [0.29, 0.717) is 9.87 Å². The lowest BCUT2D eigenvalue weighted by Gasteiger charge is -2.11. The Morgan fingerprint density at radius 1 is 1.26 bits per heavy atom. The summed E-state index contributed by atoms with van der Waals surface area (Å²) in [6, 6.07) is 7.98. The van der Waals surface area contributed by atoms with Crippen LogP contribution in [0.4, 0.5) is 4.39 Å². The molecular weight excluding hydrogens is 371 g/mol. The van der Waals surface area contributed by atoms with Crippen molar-refractivity contribution in [1.29, 1.82) is 5.26 Å². The molecule has 0 saturated heterocycles. The minimum atomic E-state index is -3.97. The lowest BCUT2D eigenvalue weighted by Crippen LogP contribution is -2.30. The van der Waals surface area contributed by atoms with E-state index in [4.69, 9.17) is 10.00 Å². The van der Waals surface area contributed by atoms with Crippen LogP contribution in [-0.4, -0.2) is 25.2 Å². The van der Waals surface area contributed by atoms with Crippen molar-refractivity contribution in [3.63, 3.8) is 0 Å². The first kappa shape index (κ1) is 18.4. The standard InChI is InChI=1S/C19H13FN2O4S/c1-3-4-7-22-19(23)18-12(2)16(5-6-17(18)27(22,24)25)26-15-9-13(11-21)8-14(20)10-15/h5-6,8-10H,7H2,1-2H3. The molecule has 1 aliphatic heterocycles. The number of nitrogens with zero attached hydrogens (tertiary/aromatic N) is 2. The van der Waals surface area contributed by atoms with Gasteiger partial charge < -0.3 is 4.74 Å². The van der Waals surface area contributed by atoms with Crippen molar-refractivity contribution in [3.8, 4) is 29.4 Å². The molecule has 0 bridgehead atoms. The molecular formula is C19H13FN2O4S. The van der Waals surface area contributed by atoms with Gasteiger partial charge in [0.05, 0.1) is 23.7 Å². The summed E-state index contributed by atoms with van der Waals surface area (Å²) >= 11 is 0. The maximum absolute atomic E-state index is 13.6. The lowest BCUT2D eigenvalue weighted by molar-refractivity contribution is 0.0881. The van der Waals surface area contributed by atoms with E-state index in [2.05, 4.69) is 11.8 Å².